The van der Waals surface area contributed by atoms with E-state index in [2.05, 4.69) is 20.2 Å². The number of aromatic nitrogens is 4. The van der Waals surface area contributed by atoms with Gasteiger partial charge in [-0.3, -0.25) is 9.89 Å². The second-order valence-electron chi connectivity index (χ2n) is 5.89. The van der Waals surface area contributed by atoms with Crippen molar-refractivity contribution in [2.24, 2.45) is 0 Å². The summed E-state index contributed by atoms with van der Waals surface area (Å²) in [6, 6.07) is 5.14. The van der Waals surface area contributed by atoms with Crippen molar-refractivity contribution in [2.75, 3.05) is 19.7 Å². The largest absolute Gasteiger partial charge is 0.367 e. The minimum Gasteiger partial charge on any atom is -0.367 e. The number of aromatic amines is 1. The first-order valence-electron chi connectivity index (χ1n) is 7.77. The molecule has 1 amide bonds. The van der Waals surface area contributed by atoms with E-state index in [9.17, 15) is 4.79 Å². The fourth-order valence-corrected chi connectivity index (χ4v) is 2.44. The van der Waals surface area contributed by atoms with E-state index < -0.39 is 0 Å². The predicted molar refractivity (Wildman–Crippen MR) is 84.0 cm³/mol. The zero-order chi connectivity index (χ0) is 17.1. The second-order valence-corrected chi connectivity index (χ2v) is 5.89. The average molecular weight is 326 g/mol. The van der Waals surface area contributed by atoms with Crippen LogP contribution in [0.3, 0.4) is 0 Å². The Morgan fingerprint density at radius 1 is 1.50 bits per heavy atom. The van der Waals surface area contributed by atoms with Gasteiger partial charge in [0.2, 0.25) is 0 Å². The van der Waals surface area contributed by atoms with E-state index in [4.69, 9.17) is 10.00 Å². The number of rotatable bonds is 3. The topological polar surface area (TPSA) is 108 Å². The zero-order valence-corrected chi connectivity index (χ0v) is 13.6. The van der Waals surface area contributed by atoms with Gasteiger partial charge in [-0.2, -0.15) is 10.4 Å². The first-order chi connectivity index (χ1) is 11.6. The first-order valence-corrected chi connectivity index (χ1v) is 7.77. The molecule has 24 heavy (non-hydrogen) atoms. The van der Waals surface area contributed by atoms with Crippen LogP contribution < -0.4 is 0 Å². The Morgan fingerprint density at radius 3 is 2.96 bits per heavy atom. The molecule has 1 saturated heterocycles. The van der Waals surface area contributed by atoms with Crippen LogP contribution in [0.2, 0.25) is 0 Å². The Morgan fingerprint density at radius 2 is 2.33 bits per heavy atom. The van der Waals surface area contributed by atoms with E-state index in [1.165, 1.54) is 6.20 Å². The van der Waals surface area contributed by atoms with Crippen LogP contribution in [0.4, 0.5) is 0 Å². The van der Waals surface area contributed by atoms with Gasteiger partial charge in [0, 0.05) is 18.7 Å². The average Bonchev–Trinajstić information content (AvgIpc) is 3.12. The van der Waals surface area contributed by atoms with Crippen LogP contribution in [-0.4, -0.2) is 50.7 Å². The Balaban J connectivity index is 1.72. The number of hydrogen-bond donors (Lipinski definition) is 1. The van der Waals surface area contributed by atoms with Crippen LogP contribution in [0.1, 0.15) is 53.6 Å². The van der Waals surface area contributed by atoms with Crippen molar-refractivity contribution >= 4 is 5.91 Å². The number of carbonyl (C=O) groups is 1. The van der Waals surface area contributed by atoms with Crippen molar-refractivity contribution < 1.29 is 9.53 Å². The molecule has 1 atom stereocenters. The van der Waals surface area contributed by atoms with Gasteiger partial charge in [0.1, 0.15) is 17.9 Å². The lowest BCUT2D eigenvalue weighted by molar-refractivity contribution is -0.0268. The van der Waals surface area contributed by atoms with Crippen molar-refractivity contribution in [3.8, 4) is 6.07 Å². The van der Waals surface area contributed by atoms with Gasteiger partial charge in [0.15, 0.2) is 11.6 Å². The number of H-pyrrole nitrogens is 1. The Bertz CT molecular complexity index is 762. The number of nitriles is 1. The summed E-state index contributed by atoms with van der Waals surface area (Å²) in [7, 11) is 0. The fourth-order valence-electron chi connectivity index (χ4n) is 2.44. The maximum atomic E-state index is 12.6. The number of hydrogen-bond acceptors (Lipinski definition) is 6. The summed E-state index contributed by atoms with van der Waals surface area (Å²) in [6.45, 7) is 5.32. The van der Waals surface area contributed by atoms with Gasteiger partial charge in [-0.15, -0.1) is 0 Å². The molecule has 0 aliphatic carbocycles. The van der Waals surface area contributed by atoms with Crippen molar-refractivity contribution in [3.05, 3.63) is 41.2 Å². The molecule has 1 N–H and O–H groups in total. The Kier molecular flexibility index (Phi) is 4.53. The molecular weight excluding hydrogens is 308 g/mol. The molecule has 1 fully saturated rings. The molecular formula is C16H18N6O2. The normalized spacial score (nSPS) is 17.8. The van der Waals surface area contributed by atoms with E-state index in [0.29, 0.717) is 36.8 Å². The summed E-state index contributed by atoms with van der Waals surface area (Å²) >= 11 is 0. The van der Waals surface area contributed by atoms with E-state index in [0.717, 1.165) is 5.82 Å². The molecule has 3 heterocycles. The van der Waals surface area contributed by atoms with Gasteiger partial charge in [-0.25, -0.2) is 9.97 Å². The lowest BCUT2D eigenvalue weighted by atomic mass is 10.2. The molecule has 2 aromatic rings. The molecule has 8 heteroatoms. The highest BCUT2D eigenvalue weighted by Crippen LogP contribution is 2.21. The minimum atomic E-state index is -0.332. The summed E-state index contributed by atoms with van der Waals surface area (Å²) < 4.78 is 5.72. The molecule has 8 nitrogen and oxygen atoms in total. The molecule has 1 aliphatic rings. The SMILES string of the molecule is CC(C)c1n[nH]c([C@@H]2CN(C(=O)c3ccc(C#N)cn3)CCO2)n1. The van der Waals surface area contributed by atoms with E-state index >= 15 is 0 Å². The second kappa shape index (κ2) is 6.76. The molecule has 0 unspecified atom stereocenters. The van der Waals surface area contributed by atoms with Crippen LogP contribution >= 0.6 is 0 Å². The lowest BCUT2D eigenvalue weighted by Crippen LogP contribution is -2.42. The first kappa shape index (κ1) is 16.1. The highest BCUT2D eigenvalue weighted by Gasteiger charge is 2.29. The van der Waals surface area contributed by atoms with Crippen LogP contribution in [0, 0.1) is 11.3 Å². The van der Waals surface area contributed by atoms with Gasteiger partial charge in [0.05, 0.1) is 18.7 Å². The van der Waals surface area contributed by atoms with E-state index in [-0.39, 0.29) is 17.9 Å². The summed E-state index contributed by atoms with van der Waals surface area (Å²) in [4.78, 5) is 22.7. The van der Waals surface area contributed by atoms with Crippen LogP contribution in [0.25, 0.3) is 0 Å². The monoisotopic (exact) mass is 326 g/mol. The van der Waals surface area contributed by atoms with Gasteiger partial charge in [-0.1, -0.05) is 13.8 Å². The number of nitrogens with zero attached hydrogens (tertiary/aromatic N) is 5. The molecule has 3 rings (SSSR count). The summed E-state index contributed by atoms with van der Waals surface area (Å²) in [5.41, 5.74) is 0.740. The number of amides is 1. The van der Waals surface area contributed by atoms with Gasteiger partial charge >= 0.3 is 0 Å². The fraction of sp³-hybridized carbons (Fsp3) is 0.438. The Labute approximate surface area is 139 Å². The number of carbonyl (C=O) groups excluding carboxylic acids is 1. The number of ether oxygens (including phenoxy) is 1. The van der Waals surface area contributed by atoms with Crippen molar-refractivity contribution in [2.45, 2.75) is 25.9 Å². The van der Waals surface area contributed by atoms with Gasteiger partial charge in [0.25, 0.3) is 5.91 Å². The third-order valence-electron chi connectivity index (χ3n) is 3.81. The molecule has 0 radical (unpaired) electrons. The predicted octanol–water partition coefficient (Wildman–Crippen LogP) is 1.41. The smallest absolute Gasteiger partial charge is 0.272 e. The standard InChI is InChI=1S/C16H18N6O2/c1-10(2)14-19-15(21-20-14)13-9-22(5-6-24-13)16(23)12-4-3-11(7-17)8-18-12/h3-4,8,10,13H,5-6,9H2,1-2H3,(H,19,20,21)/t13-/m0/s1. The third-order valence-corrected chi connectivity index (χ3v) is 3.81. The summed E-state index contributed by atoms with van der Waals surface area (Å²) in [6.07, 6.45) is 1.07. The highest BCUT2D eigenvalue weighted by molar-refractivity contribution is 5.92. The lowest BCUT2D eigenvalue weighted by Gasteiger charge is -2.31. The summed E-state index contributed by atoms with van der Waals surface area (Å²) in [5, 5.41) is 15.9. The van der Waals surface area contributed by atoms with Crippen LogP contribution in [-0.2, 0) is 4.74 Å². The molecule has 124 valence electrons. The minimum absolute atomic E-state index is 0.184. The highest BCUT2D eigenvalue weighted by atomic mass is 16.5. The molecule has 0 aromatic carbocycles. The quantitative estimate of drug-likeness (QED) is 0.913. The van der Waals surface area contributed by atoms with Crippen LogP contribution in [0.5, 0.6) is 0 Å². The third kappa shape index (κ3) is 3.26. The van der Waals surface area contributed by atoms with Crippen LogP contribution in [0.15, 0.2) is 18.3 Å². The van der Waals surface area contributed by atoms with Crippen molar-refractivity contribution in [1.82, 2.24) is 25.1 Å². The maximum Gasteiger partial charge on any atom is 0.272 e. The Hall–Kier alpha value is -2.79. The van der Waals surface area contributed by atoms with Crippen molar-refractivity contribution in [1.29, 1.82) is 5.26 Å². The number of nitrogens with one attached hydrogen (secondary N) is 1. The molecule has 0 spiro atoms. The van der Waals surface area contributed by atoms with E-state index in [1.54, 1.807) is 17.0 Å². The van der Waals surface area contributed by atoms with Gasteiger partial charge < -0.3 is 9.64 Å². The molecule has 0 bridgehead atoms. The number of morpholine rings is 1. The van der Waals surface area contributed by atoms with Gasteiger partial charge in [-0.05, 0) is 12.1 Å². The molecule has 1 aliphatic heterocycles. The zero-order valence-electron chi connectivity index (χ0n) is 13.6. The van der Waals surface area contributed by atoms with E-state index in [1.807, 2.05) is 19.9 Å². The number of pyridine rings is 1. The molecule has 2 aromatic heterocycles. The maximum absolute atomic E-state index is 12.6. The molecule has 0 saturated carbocycles. The summed E-state index contributed by atoms with van der Waals surface area (Å²) in [5.74, 6) is 1.39. The van der Waals surface area contributed by atoms with Crippen molar-refractivity contribution in [3.63, 3.8) is 0 Å².